The van der Waals surface area contributed by atoms with Gasteiger partial charge in [-0.05, 0) is 55.0 Å². The molecular formula is C22H19Cl3FNO2. The monoisotopic (exact) mass is 453 g/mol. The van der Waals surface area contributed by atoms with Crippen LogP contribution in [0.25, 0.3) is 0 Å². The lowest BCUT2D eigenvalue weighted by Gasteiger charge is -2.16. The Balaban J connectivity index is 1.75. The SMILES string of the molecule is CCOc1cc(CNc2ccc(Cl)cc2)c(Cl)cc1OCc1ccc(F)cc1Cl. The van der Waals surface area contributed by atoms with Crippen LogP contribution in [-0.4, -0.2) is 6.61 Å². The smallest absolute Gasteiger partial charge is 0.163 e. The highest BCUT2D eigenvalue weighted by Gasteiger charge is 2.13. The lowest BCUT2D eigenvalue weighted by atomic mass is 10.2. The zero-order chi connectivity index (χ0) is 20.8. The first-order chi connectivity index (χ1) is 14.0. The van der Waals surface area contributed by atoms with Crippen molar-refractivity contribution < 1.29 is 13.9 Å². The van der Waals surface area contributed by atoms with Gasteiger partial charge in [0.25, 0.3) is 0 Å². The normalized spacial score (nSPS) is 10.7. The Labute approximate surface area is 184 Å². The molecule has 29 heavy (non-hydrogen) atoms. The maximum atomic E-state index is 13.2. The van der Waals surface area contributed by atoms with Gasteiger partial charge >= 0.3 is 0 Å². The van der Waals surface area contributed by atoms with E-state index >= 15 is 0 Å². The van der Waals surface area contributed by atoms with Crippen LogP contribution in [0.15, 0.2) is 54.6 Å². The second kappa shape index (κ2) is 10.1. The summed E-state index contributed by atoms with van der Waals surface area (Å²) in [4.78, 5) is 0. The quantitative estimate of drug-likeness (QED) is 0.385. The van der Waals surface area contributed by atoms with Gasteiger partial charge in [-0.3, -0.25) is 0 Å². The fourth-order valence-corrected chi connectivity index (χ4v) is 3.22. The number of ether oxygens (including phenoxy) is 2. The van der Waals surface area contributed by atoms with Gasteiger partial charge in [0.2, 0.25) is 0 Å². The molecule has 0 aliphatic rings. The molecule has 0 saturated carbocycles. The van der Waals surface area contributed by atoms with Crippen molar-refractivity contribution in [1.82, 2.24) is 0 Å². The van der Waals surface area contributed by atoms with Crippen LogP contribution in [0.4, 0.5) is 10.1 Å². The van der Waals surface area contributed by atoms with Crippen molar-refractivity contribution >= 4 is 40.5 Å². The van der Waals surface area contributed by atoms with Crippen molar-refractivity contribution in [3.8, 4) is 11.5 Å². The van der Waals surface area contributed by atoms with Crippen LogP contribution in [0.5, 0.6) is 11.5 Å². The third-order valence-electron chi connectivity index (χ3n) is 4.14. The number of hydrogen-bond acceptors (Lipinski definition) is 3. The molecule has 0 aliphatic heterocycles. The summed E-state index contributed by atoms with van der Waals surface area (Å²) >= 11 is 18.4. The lowest BCUT2D eigenvalue weighted by Crippen LogP contribution is -2.04. The molecule has 0 spiro atoms. The molecule has 0 heterocycles. The van der Waals surface area contributed by atoms with Crippen molar-refractivity contribution in [2.24, 2.45) is 0 Å². The number of benzene rings is 3. The molecule has 7 heteroatoms. The first kappa shape index (κ1) is 21.6. The van der Waals surface area contributed by atoms with Crippen LogP contribution in [-0.2, 0) is 13.2 Å². The molecule has 0 bridgehead atoms. The first-order valence-corrected chi connectivity index (χ1v) is 10.1. The van der Waals surface area contributed by atoms with Gasteiger partial charge in [-0.15, -0.1) is 0 Å². The summed E-state index contributed by atoms with van der Waals surface area (Å²) in [7, 11) is 0. The van der Waals surface area contributed by atoms with Gasteiger partial charge in [-0.1, -0.05) is 40.9 Å². The third kappa shape index (κ3) is 5.92. The number of anilines is 1. The van der Waals surface area contributed by atoms with Crippen molar-refractivity contribution in [3.05, 3.63) is 86.6 Å². The molecule has 3 nitrogen and oxygen atoms in total. The summed E-state index contributed by atoms with van der Waals surface area (Å²) in [5.41, 5.74) is 2.45. The Morgan fingerprint density at radius 1 is 0.828 bits per heavy atom. The Bertz CT molecular complexity index is 981. The molecule has 0 radical (unpaired) electrons. The van der Waals surface area contributed by atoms with Crippen LogP contribution in [0.2, 0.25) is 15.1 Å². The summed E-state index contributed by atoms with van der Waals surface area (Å²) in [5.74, 6) is 0.671. The molecule has 0 unspecified atom stereocenters. The van der Waals surface area contributed by atoms with Crippen molar-refractivity contribution in [2.45, 2.75) is 20.1 Å². The average Bonchev–Trinajstić information content (AvgIpc) is 2.69. The highest BCUT2D eigenvalue weighted by Crippen LogP contribution is 2.35. The molecule has 0 aliphatic carbocycles. The van der Waals surface area contributed by atoms with Gasteiger partial charge in [-0.25, -0.2) is 4.39 Å². The van der Waals surface area contributed by atoms with Gasteiger partial charge in [0.15, 0.2) is 11.5 Å². The van der Waals surface area contributed by atoms with E-state index in [9.17, 15) is 4.39 Å². The second-order valence-electron chi connectivity index (χ2n) is 6.21. The Morgan fingerprint density at radius 2 is 1.52 bits per heavy atom. The van der Waals surface area contributed by atoms with Crippen LogP contribution in [0.1, 0.15) is 18.1 Å². The molecular weight excluding hydrogens is 436 g/mol. The second-order valence-corrected chi connectivity index (χ2v) is 7.46. The summed E-state index contributed by atoms with van der Waals surface area (Å²) in [6.07, 6.45) is 0. The summed E-state index contributed by atoms with van der Waals surface area (Å²) in [5, 5.41) is 4.81. The molecule has 0 saturated heterocycles. The average molecular weight is 455 g/mol. The van der Waals surface area contributed by atoms with Crippen LogP contribution in [0, 0.1) is 5.82 Å². The predicted molar refractivity (Wildman–Crippen MR) is 117 cm³/mol. The van der Waals surface area contributed by atoms with E-state index in [1.54, 1.807) is 12.1 Å². The Hall–Kier alpha value is -2.14. The van der Waals surface area contributed by atoms with Gasteiger partial charge in [0.05, 0.1) is 11.6 Å². The van der Waals surface area contributed by atoms with Crippen LogP contribution >= 0.6 is 34.8 Å². The van der Waals surface area contributed by atoms with E-state index < -0.39 is 5.82 Å². The van der Waals surface area contributed by atoms with Gasteiger partial charge in [0, 0.05) is 33.9 Å². The predicted octanol–water partition coefficient (Wildman–Crippen LogP) is 7.38. The van der Waals surface area contributed by atoms with E-state index in [2.05, 4.69) is 5.32 Å². The number of rotatable bonds is 8. The number of hydrogen-bond donors (Lipinski definition) is 1. The molecule has 0 fully saturated rings. The molecule has 0 atom stereocenters. The standard InChI is InChI=1S/C22H19Cl3FNO2/c1-2-28-21-9-15(12-27-18-7-4-16(23)5-8-18)20(25)11-22(21)29-13-14-3-6-17(26)10-19(14)24/h3-11,27H,2,12-13H2,1H3. The summed E-state index contributed by atoms with van der Waals surface area (Å²) in [6, 6.07) is 15.1. The zero-order valence-electron chi connectivity index (χ0n) is 15.6. The number of nitrogens with one attached hydrogen (secondary N) is 1. The summed E-state index contributed by atoms with van der Waals surface area (Å²) in [6.45, 7) is 3.03. The topological polar surface area (TPSA) is 30.5 Å². The minimum atomic E-state index is -0.394. The fourth-order valence-electron chi connectivity index (χ4n) is 2.65. The third-order valence-corrected chi connectivity index (χ3v) is 5.09. The minimum Gasteiger partial charge on any atom is -0.490 e. The molecule has 0 amide bonds. The maximum Gasteiger partial charge on any atom is 0.163 e. The fraction of sp³-hybridized carbons (Fsp3) is 0.182. The van der Waals surface area contributed by atoms with Crippen molar-refractivity contribution in [2.75, 3.05) is 11.9 Å². The summed E-state index contributed by atoms with van der Waals surface area (Å²) < 4.78 is 24.8. The molecule has 3 aromatic carbocycles. The van der Waals surface area contributed by atoms with Crippen LogP contribution in [0.3, 0.4) is 0 Å². The molecule has 152 valence electrons. The Morgan fingerprint density at radius 3 is 2.21 bits per heavy atom. The lowest BCUT2D eigenvalue weighted by molar-refractivity contribution is 0.269. The highest BCUT2D eigenvalue weighted by molar-refractivity contribution is 6.32. The first-order valence-electron chi connectivity index (χ1n) is 8.97. The van der Waals surface area contributed by atoms with E-state index in [1.165, 1.54) is 12.1 Å². The molecule has 3 aromatic rings. The zero-order valence-corrected chi connectivity index (χ0v) is 17.9. The van der Waals surface area contributed by atoms with Gasteiger partial charge in [0.1, 0.15) is 12.4 Å². The minimum absolute atomic E-state index is 0.165. The highest BCUT2D eigenvalue weighted by atomic mass is 35.5. The van der Waals surface area contributed by atoms with Crippen molar-refractivity contribution in [1.29, 1.82) is 0 Å². The molecule has 1 N–H and O–H groups in total. The maximum absolute atomic E-state index is 13.2. The van der Waals surface area contributed by atoms with Gasteiger partial charge < -0.3 is 14.8 Å². The Kier molecular flexibility index (Phi) is 7.48. The largest absolute Gasteiger partial charge is 0.490 e. The van der Waals surface area contributed by atoms with E-state index in [0.29, 0.717) is 45.3 Å². The molecule has 3 rings (SSSR count). The van der Waals surface area contributed by atoms with E-state index in [0.717, 1.165) is 11.3 Å². The van der Waals surface area contributed by atoms with Crippen molar-refractivity contribution in [3.63, 3.8) is 0 Å². The van der Waals surface area contributed by atoms with E-state index in [4.69, 9.17) is 44.3 Å². The number of halogens is 4. The van der Waals surface area contributed by atoms with Gasteiger partial charge in [-0.2, -0.15) is 0 Å². The van der Waals surface area contributed by atoms with E-state index in [-0.39, 0.29) is 6.61 Å². The molecule has 0 aromatic heterocycles. The van der Waals surface area contributed by atoms with Crippen LogP contribution < -0.4 is 14.8 Å². The van der Waals surface area contributed by atoms with E-state index in [1.807, 2.05) is 37.3 Å².